The molecule has 0 amide bonds. The normalized spacial score (nSPS) is 12.0. The van der Waals surface area contributed by atoms with Gasteiger partial charge in [0.25, 0.3) is 0 Å². The lowest BCUT2D eigenvalue weighted by Crippen LogP contribution is -2.07. The van der Waals surface area contributed by atoms with Crippen molar-refractivity contribution in [3.05, 3.63) is 66.2 Å². The molecule has 4 aromatic rings. The fraction of sp³-hybridized carbons (Fsp3) is 0.0588. The summed E-state index contributed by atoms with van der Waals surface area (Å²) >= 11 is 0. The van der Waals surface area contributed by atoms with Crippen LogP contribution in [-0.2, 0) is 6.18 Å². The molecule has 0 fully saturated rings. The largest absolute Gasteiger partial charge is 0.435 e. The van der Waals surface area contributed by atoms with Gasteiger partial charge in [0.1, 0.15) is 11.6 Å². The van der Waals surface area contributed by atoms with Gasteiger partial charge in [-0.15, -0.1) is 0 Å². The van der Waals surface area contributed by atoms with E-state index < -0.39 is 11.9 Å². The van der Waals surface area contributed by atoms with Crippen LogP contribution in [0, 0.1) is 5.82 Å². The fourth-order valence-corrected chi connectivity index (χ4v) is 2.51. The lowest BCUT2D eigenvalue weighted by molar-refractivity contribution is -0.141. The smallest absolute Gasteiger partial charge is 0.338 e. The molecule has 0 aliphatic carbocycles. The van der Waals surface area contributed by atoms with E-state index in [-0.39, 0.29) is 5.82 Å². The first kappa shape index (κ1) is 15.4. The summed E-state index contributed by atoms with van der Waals surface area (Å²) in [6, 6.07) is 11.8. The minimum atomic E-state index is -4.48. The Labute approximate surface area is 138 Å². The maximum atomic E-state index is 13.2. The van der Waals surface area contributed by atoms with E-state index in [1.54, 1.807) is 30.3 Å². The van der Waals surface area contributed by atoms with Crippen molar-refractivity contribution in [1.29, 1.82) is 0 Å². The van der Waals surface area contributed by atoms with E-state index in [0.29, 0.717) is 22.5 Å². The number of rotatable bonds is 2. The molecule has 0 unspecified atom stereocenters. The van der Waals surface area contributed by atoms with Crippen LogP contribution in [0.1, 0.15) is 5.69 Å². The van der Waals surface area contributed by atoms with Crippen LogP contribution in [0.3, 0.4) is 0 Å². The molecule has 2 aromatic heterocycles. The molecule has 0 saturated heterocycles. The number of benzene rings is 2. The van der Waals surface area contributed by atoms with Crippen LogP contribution in [0.4, 0.5) is 17.6 Å². The molecule has 0 spiro atoms. The molecule has 0 bridgehead atoms. The van der Waals surface area contributed by atoms with Crippen LogP contribution in [0.5, 0.6) is 0 Å². The number of alkyl halides is 3. The molecule has 0 aliphatic heterocycles. The van der Waals surface area contributed by atoms with Crippen LogP contribution in [-0.4, -0.2) is 19.7 Å². The zero-order chi connectivity index (χ0) is 17.6. The number of hydrogen-bond acceptors (Lipinski definition) is 2. The summed E-state index contributed by atoms with van der Waals surface area (Å²) in [5.41, 5.74) is 1.46. The summed E-state index contributed by atoms with van der Waals surface area (Å²) in [6.07, 6.45) is -3.23. The van der Waals surface area contributed by atoms with E-state index in [2.05, 4.69) is 15.1 Å². The molecular weight excluding hydrogens is 336 g/mol. The Morgan fingerprint density at radius 3 is 2.40 bits per heavy atom. The van der Waals surface area contributed by atoms with E-state index >= 15 is 0 Å². The number of aromatic amines is 1. The van der Waals surface area contributed by atoms with Gasteiger partial charge in [0.05, 0.1) is 16.7 Å². The van der Waals surface area contributed by atoms with Gasteiger partial charge in [-0.05, 0) is 48.5 Å². The highest BCUT2D eigenvalue weighted by molar-refractivity contribution is 5.79. The molecule has 0 atom stereocenters. The Bertz CT molecular complexity index is 1040. The molecule has 4 nitrogen and oxygen atoms in total. The second-order valence-electron chi connectivity index (χ2n) is 5.44. The molecule has 2 aromatic carbocycles. The first-order valence-corrected chi connectivity index (χ1v) is 7.29. The van der Waals surface area contributed by atoms with Crippen molar-refractivity contribution in [2.24, 2.45) is 0 Å². The topological polar surface area (TPSA) is 46.5 Å². The third-order valence-electron chi connectivity index (χ3n) is 3.73. The van der Waals surface area contributed by atoms with Gasteiger partial charge in [0.2, 0.25) is 0 Å². The molecule has 0 saturated carbocycles. The first-order chi connectivity index (χ1) is 11.9. The van der Waals surface area contributed by atoms with Crippen molar-refractivity contribution in [2.45, 2.75) is 6.18 Å². The number of aromatic nitrogens is 4. The van der Waals surface area contributed by atoms with Crippen molar-refractivity contribution < 1.29 is 17.6 Å². The minimum Gasteiger partial charge on any atom is -0.338 e. The lowest BCUT2D eigenvalue weighted by atomic mass is 10.2. The monoisotopic (exact) mass is 346 g/mol. The Balaban J connectivity index is 1.66. The Hall–Kier alpha value is -3.16. The molecule has 0 radical (unpaired) electrons. The van der Waals surface area contributed by atoms with Gasteiger partial charge in [-0.1, -0.05) is 0 Å². The van der Waals surface area contributed by atoms with Crippen LogP contribution >= 0.6 is 0 Å². The van der Waals surface area contributed by atoms with E-state index in [1.807, 2.05) is 0 Å². The summed E-state index contributed by atoms with van der Waals surface area (Å²) in [5, 5.41) is 3.53. The fourth-order valence-electron chi connectivity index (χ4n) is 2.51. The van der Waals surface area contributed by atoms with Crippen molar-refractivity contribution in [2.75, 3.05) is 0 Å². The molecule has 2 heterocycles. The summed E-state index contributed by atoms with van der Waals surface area (Å²) in [5.74, 6) is 0.181. The van der Waals surface area contributed by atoms with Crippen molar-refractivity contribution >= 4 is 11.0 Å². The van der Waals surface area contributed by atoms with Crippen LogP contribution in [0.2, 0.25) is 0 Å². The van der Waals surface area contributed by atoms with Crippen molar-refractivity contribution in [3.63, 3.8) is 0 Å². The van der Waals surface area contributed by atoms with Crippen LogP contribution in [0.15, 0.2) is 54.7 Å². The number of hydrogen-bond donors (Lipinski definition) is 1. The quantitative estimate of drug-likeness (QED) is 0.540. The van der Waals surface area contributed by atoms with Gasteiger partial charge in [0, 0.05) is 11.8 Å². The number of nitrogens with one attached hydrogen (secondary N) is 1. The molecular formula is C17H10F4N4. The zero-order valence-electron chi connectivity index (χ0n) is 12.5. The third kappa shape index (κ3) is 2.86. The van der Waals surface area contributed by atoms with Crippen molar-refractivity contribution in [1.82, 2.24) is 19.7 Å². The average Bonchev–Trinajstić information content (AvgIpc) is 3.21. The summed E-state index contributed by atoms with van der Waals surface area (Å²) in [7, 11) is 0. The molecule has 4 rings (SSSR count). The van der Waals surface area contributed by atoms with Gasteiger partial charge in [-0.2, -0.15) is 18.3 Å². The van der Waals surface area contributed by atoms with Gasteiger partial charge in [0.15, 0.2) is 5.69 Å². The highest BCUT2D eigenvalue weighted by Crippen LogP contribution is 2.28. The lowest BCUT2D eigenvalue weighted by Gasteiger charge is -2.04. The third-order valence-corrected chi connectivity index (χ3v) is 3.73. The molecule has 8 heteroatoms. The highest BCUT2D eigenvalue weighted by Gasteiger charge is 2.33. The molecule has 126 valence electrons. The number of imidazole rings is 1. The maximum absolute atomic E-state index is 13.2. The van der Waals surface area contributed by atoms with E-state index in [1.165, 1.54) is 18.3 Å². The second kappa shape index (κ2) is 5.44. The Morgan fingerprint density at radius 2 is 1.72 bits per heavy atom. The molecule has 1 N–H and O–H groups in total. The zero-order valence-corrected chi connectivity index (χ0v) is 12.5. The van der Waals surface area contributed by atoms with Gasteiger partial charge in [-0.3, -0.25) is 0 Å². The number of H-pyrrole nitrogens is 1. The van der Waals surface area contributed by atoms with Crippen LogP contribution in [0.25, 0.3) is 28.1 Å². The average molecular weight is 346 g/mol. The maximum Gasteiger partial charge on any atom is 0.435 e. The number of nitrogens with zero attached hydrogens (tertiary/aromatic N) is 3. The van der Waals surface area contributed by atoms with E-state index in [9.17, 15) is 17.6 Å². The summed E-state index contributed by atoms with van der Waals surface area (Å²) in [6.45, 7) is 0. The van der Waals surface area contributed by atoms with Gasteiger partial charge in [-0.25, -0.2) is 14.1 Å². The number of halogens is 4. The predicted octanol–water partition coefficient (Wildman–Crippen LogP) is 4.57. The van der Waals surface area contributed by atoms with Crippen LogP contribution < -0.4 is 0 Å². The Morgan fingerprint density at radius 1 is 0.960 bits per heavy atom. The SMILES string of the molecule is Fc1ccc2nc(-c3ccc(-n4ccc(C(F)(F)F)n4)cc3)[nH]c2c1. The molecule has 0 aliphatic rings. The Kier molecular flexibility index (Phi) is 3.34. The predicted molar refractivity (Wildman–Crippen MR) is 83.6 cm³/mol. The highest BCUT2D eigenvalue weighted by atomic mass is 19.4. The first-order valence-electron chi connectivity index (χ1n) is 7.29. The molecule has 25 heavy (non-hydrogen) atoms. The standard InChI is InChI=1S/C17H10F4N4/c18-11-3-6-13-14(9-11)23-16(22-13)10-1-4-12(5-2-10)25-8-7-15(24-25)17(19,20)21/h1-9H,(H,22,23). The minimum absolute atomic E-state index is 0.364. The van der Waals surface area contributed by atoms with E-state index in [0.717, 1.165) is 16.3 Å². The second-order valence-corrected chi connectivity index (χ2v) is 5.44. The van der Waals surface area contributed by atoms with Gasteiger partial charge < -0.3 is 4.98 Å². The van der Waals surface area contributed by atoms with Crippen molar-refractivity contribution in [3.8, 4) is 17.1 Å². The van der Waals surface area contributed by atoms with E-state index in [4.69, 9.17) is 0 Å². The summed E-state index contributed by atoms with van der Waals surface area (Å²) < 4.78 is 52.2. The van der Waals surface area contributed by atoms with Gasteiger partial charge >= 0.3 is 6.18 Å². The summed E-state index contributed by atoms with van der Waals surface area (Å²) in [4.78, 5) is 7.38. The number of fused-ring (bicyclic) bond motifs is 1.